The Labute approximate surface area is 94.4 Å². The fourth-order valence-corrected chi connectivity index (χ4v) is 2.56. The number of amidine groups is 1. The van der Waals surface area contributed by atoms with Crippen molar-refractivity contribution in [2.45, 2.75) is 38.6 Å². The largest absolute Gasteiger partial charge is 0.387 e. The molecule has 3 nitrogen and oxygen atoms in total. The maximum absolute atomic E-state index is 5.99. The highest BCUT2D eigenvalue weighted by Crippen LogP contribution is 2.23. The van der Waals surface area contributed by atoms with Gasteiger partial charge in [0, 0.05) is 11.3 Å². The van der Waals surface area contributed by atoms with Crippen LogP contribution in [0.3, 0.4) is 0 Å². The molecule has 0 amide bonds. The number of nitrogens with zero attached hydrogens (tertiary/aromatic N) is 2. The molecule has 82 valence electrons. The minimum atomic E-state index is 0.525. The SMILES string of the molecule is NC(=NCc1cscn1)C1CCCCC1. The van der Waals surface area contributed by atoms with Crippen LogP contribution in [0.15, 0.2) is 15.9 Å². The number of nitrogens with two attached hydrogens (primary N) is 1. The topological polar surface area (TPSA) is 51.3 Å². The summed E-state index contributed by atoms with van der Waals surface area (Å²) in [6.45, 7) is 0.645. The Morgan fingerprint density at radius 1 is 1.47 bits per heavy atom. The zero-order chi connectivity index (χ0) is 10.5. The Morgan fingerprint density at radius 2 is 2.27 bits per heavy atom. The van der Waals surface area contributed by atoms with Crippen molar-refractivity contribution >= 4 is 17.2 Å². The monoisotopic (exact) mass is 223 g/mol. The lowest BCUT2D eigenvalue weighted by Crippen LogP contribution is -2.25. The van der Waals surface area contributed by atoms with E-state index in [1.165, 1.54) is 32.1 Å². The molecule has 2 N–H and O–H groups in total. The third-order valence-electron chi connectivity index (χ3n) is 2.93. The molecule has 2 rings (SSSR count). The molecule has 15 heavy (non-hydrogen) atoms. The van der Waals surface area contributed by atoms with E-state index < -0.39 is 0 Å². The van der Waals surface area contributed by atoms with Gasteiger partial charge in [0.1, 0.15) is 0 Å². The second-order valence-corrected chi connectivity index (χ2v) is 4.77. The summed E-state index contributed by atoms with van der Waals surface area (Å²) in [4.78, 5) is 8.62. The highest BCUT2D eigenvalue weighted by molar-refractivity contribution is 7.07. The van der Waals surface area contributed by atoms with Crippen molar-refractivity contribution in [3.05, 3.63) is 16.6 Å². The first-order chi connectivity index (χ1) is 7.36. The third-order valence-corrected chi connectivity index (χ3v) is 3.57. The molecule has 1 aliphatic carbocycles. The fourth-order valence-electron chi connectivity index (χ4n) is 2.02. The Hall–Kier alpha value is -0.900. The first kappa shape index (κ1) is 10.6. The van der Waals surface area contributed by atoms with E-state index in [-0.39, 0.29) is 0 Å². The van der Waals surface area contributed by atoms with Gasteiger partial charge in [-0.15, -0.1) is 11.3 Å². The van der Waals surface area contributed by atoms with Crippen molar-refractivity contribution in [1.82, 2.24) is 4.98 Å². The Balaban J connectivity index is 1.88. The molecule has 0 bridgehead atoms. The minimum absolute atomic E-state index is 0.525. The quantitative estimate of drug-likeness (QED) is 0.632. The van der Waals surface area contributed by atoms with Crippen LogP contribution in [0.1, 0.15) is 37.8 Å². The number of hydrogen-bond acceptors (Lipinski definition) is 3. The first-order valence-electron chi connectivity index (χ1n) is 5.53. The van der Waals surface area contributed by atoms with E-state index in [1.54, 1.807) is 11.3 Å². The molecule has 1 heterocycles. The number of rotatable bonds is 3. The number of aromatic nitrogens is 1. The summed E-state index contributed by atoms with van der Waals surface area (Å²) < 4.78 is 0. The molecule has 1 saturated carbocycles. The Kier molecular flexibility index (Phi) is 3.72. The van der Waals surface area contributed by atoms with Gasteiger partial charge in [0.25, 0.3) is 0 Å². The first-order valence-corrected chi connectivity index (χ1v) is 6.47. The van der Waals surface area contributed by atoms with Gasteiger partial charge in [0.05, 0.1) is 23.6 Å². The highest BCUT2D eigenvalue weighted by Gasteiger charge is 2.16. The van der Waals surface area contributed by atoms with E-state index >= 15 is 0 Å². The summed E-state index contributed by atoms with van der Waals surface area (Å²) in [5, 5.41) is 2.03. The molecular formula is C11H17N3S. The Bertz CT molecular complexity index is 313. The molecule has 1 aromatic rings. The van der Waals surface area contributed by atoms with Gasteiger partial charge >= 0.3 is 0 Å². The van der Waals surface area contributed by atoms with Crippen molar-refractivity contribution < 1.29 is 0 Å². The average molecular weight is 223 g/mol. The lowest BCUT2D eigenvalue weighted by atomic mass is 9.88. The summed E-state index contributed by atoms with van der Waals surface area (Å²) in [7, 11) is 0. The molecule has 0 radical (unpaired) electrons. The summed E-state index contributed by atoms with van der Waals surface area (Å²) in [6.07, 6.45) is 6.39. The Morgan fingerprint density at radius 3 is 2.93 bits per heavy atom. The number of aliphatic imine (C=N–C) groups is 1. The summed E-state index contributed by atoms with van der Waals surface area (Å²) in [6, 6.07) is 0. The average Bonchev–Trinajstić information content (AvgIpc) is 2.80. The van der Waals surface area contributed by atoms with Crippen molar-refractivity contribution in [2.24, 2.45) is 16.6 Å². The minimum Gasteiger partial charge on any atom is -0.387 e. The summed E-state index contributed by atoms with van der Waals surface area (Å²) >= 11 is 1.61. The van der Waals surface area contributed by atoms with Crippen LogP contribution in [-0.2, 0) is 6.54 Å². The van der Waals surface area contributed by atoms with Crippen LogP contribution >= 0.6 is 11.3 Å². The molecule has 0 atom stereocenters. The van der Waals surface area contributed by atoms with Gasteiger partial charge in [-0.3, -0.25) is 4.99 Å². The maximum atomic E-state index is 5.99. The zero-order valence-electron chi connectivity index (χ0n) is 8.85. The molecule has 0 unspecified atom stereocenters. The van der Waals surface area contributed by atoms with Crippen molar-refractivity contribution in [2.75, 3.05) is 0 Å². The van der Waals surface area contributed by atoms with Gasteiger partial charge in [-0.1, -0.05) is 19.3 Å². The van der Waals surface area contributed by atoms with Crippen molar-refractivity contribution in [3.63, 3.8) is 0 Å². The van der Waals surface area contributed by atoms with Crippen LogP contribution in [0, 0.1) is 5.92 Å². The molecule has 1 fully saturated rings. The highest BCUT2D eigenvalue weighted by atomic mass is 32.1. The summed E-state index contributed by atoms with van der Waals surface area (Å²) in [5.41, 5.74) is 8.85. The molecule has 0 saturated heterocycles. The van der Waals surface area contributed by atoms with E-state index in [0.29, 0.717) is 12.5 Å². The van der Waals surface area contributed by atoms with Crippen molar-refractivity contribution in [3.8, 4) is 0 Å². The molecule has 1 aliphatic rings. The van der Waals surface area contributed by atoms with Gasteiger partial charge in [0.15, 0.2) is 0 Å². The zero-order valence-corrected chi connectivity index (χ0v) is 9.67. The second-order valence-electron chi connectivity index (χ2n) is 4.06. The van der Waals surface area contributed by atoms with Crippen LogP contribution in [0.4, 0.5) is 0 Å². The van der Waals surface area contributed by atoms with Gasteiger partial charge in [-0.2, -0.15) is 0 Å². The van der Waals surface area contributed by atoms with Gasteiger partial charge < -0.3 is 5.73 Å². The van der Waals surface area contributed by atoms with E-state index in [0.717, 1.165) is 11.5 Å². The predicted molar refractivity (Wildman–Crippen MR) is 64.0 cm³/mol. The fraction of sp³-hybridized carbons (Fsp3) is 0.636. The molecule has 0 spiro atoms. The maximum Gasteiger partial charge on any atom is 0.0973 e. The van der Waals surface area contributed by atoms with Crippen molar-refractivity contribution in [1.29, 1.82) is 0 Å². The van der Waals surface area contributed by atoms with Gasteiger partial charge in [-0.25, -0.2) is 4.98 Å². The normalized spacial score (nSPS) is 19.3. The molecule has 1 aromatic heterocycles. The van der Waals surface area contributed by atoms with Gasteiger partial charge in [0.2, 0.25) is 0 Å². The van der Waals surface area contributed by atoms with Crippen LogP contribution < -0.4 is 5.73 Å². The van der Waals surface area contributed by atoms with E-state index in [1.807, 2.05) is 10.9 Å². The van der Waals surface area contributed by atoms with Gasteiger partial charge in [-0.05, 0) is 12.8 Å². The van der Waals surface area contributed by atoms with Crippen LogP contribution in [0.2, 0.25) is 0 Å². The van der Waals surface area contributed by atoms with E-state index in [2.05, 4.69) is 9.98 Å². The van der Waals surface area contributed by atoms with Crippen LogP contribution in [-0.4, -0.2) is 10.8 Å². The van der Waals surface area contributed by atoms with Crippen LogP contribution in [0.5, 0.6) is 0 Å². The summed E-state index contributed by atoms with van der Waals surface area (Å²) in [5.74, 6) is 1.36. The predicted octanol–water partition coefficient (Wildman–Crippen LogP) is 2.58. The second kappa shape index (κ2) is 5.26. The number of thiazole rings is 1. The standard InChI is InChI=1S/C11H17N3S/c12-11(9-4-2-1-3-5-9)13-6-10-7-15-8-14-10/h7-9H,1-6H2,(H2,12,13). The molecule has 0 aliphatic heterocycles. The molecule has 4 heteroatoms. The molecule has 0 aromatic carbocycles. The van der Waals surface area contributed by atoms with E-state index in [4.69, 9.17) is 5.73 Å². The lowest BCUT2D eigenvalue weighted by Gasteiger charge is -2.20. The smallest absolute Gasteiger partial charge is 0.0973 e. The molecular weight excluding hydrogens is 206 g/mol. The third kappa shape index (κ3) is 3.02. The lowest BCUT2D eigenvalue weighted by molar-refractivity contribution is 0.436. The van der Waals surface area contributed by atoms with Crippen LogP contribution in [0.25, 0.3) is 0 Å². The number of hydrogen-bond donors (Lipinski definition) is 1. The van der Waals surface area contributed by atoms with E-state index in [9.17, 15) is 0 Å².